The van der Waals surface area contributed by atoms with E-state index in [1.54, 1.807) is 0 Å². The zero-order valence-electron chi connectivity index (χ0n) is 16.4. The minimum Gasteiger partial charge on any atom is -0.477 e. The zero-order chi connectivity index (χ0) is 21.3. The van der Waals surface area contributed by atoms with Crippen LogP contribution in [0.4, 0.5) is 4.79 Å². The Kier molecular flexibility index (Phi) is 6.54. The molecule has 12 heteroatoms. The number of aliphatic carboxylic acids is 1. The molecule has 1 unspecified atom stereocenters. The fourth-order valence-electron chi connectivity index (χ4n) is 3.90. The van der Waals surface area contributed by atoms with Gasteiger partial charge in [-0.05, 0) is 25.3 Å². The standard InChI is InChI=1S/C18H23N5O4S3/c1-9-21-22-18(30-9)29-8-10-7-28-15-12(14(24)23(15)13(10)16(25)26)20-17(27)19-11-5-3-2-4-6-11/h11-12,15H,2-8H2,1H3,(H,25,26)(H2,19,20,27)/t12?,15-/m0/s1. The molecule has 3 heterocycles. The number of hydrogen-bond donors (Lipinski definition) is 3. The Morgan fingerprint density at radius 1 is 1.23 bits per heavy atom. The molecule has 1 saturated heterocycles. The molecule has 9 nitrogen and oxygen atoms in total. The first-order valence-corrected chi connectivity index (χ1v) is 12.7. The second-order valence-corrected chi connectivity index (χ2v) is 11.0. The number of aryl methyl sites for hydroxylation is 1. The molecule has 0 bridgehead atoms. The number of amides is 3. The molecule has 2 aliphatic heterocycles. The molecule has 30 heavy (non-hydrogen) atoms. The van der Waals surface area contributed by atoms with E-state index in [4.69, 9.17) is 0 Å². The minimum absolute atomic E-state index is 0.0308. The lowest BCUT2D eigenvalue weighted by molar-refractivity contribution is -0.148. The molecular formula is C18H23N5O4S3. The van der Waals surface area contributed by atoms with Crippen molar-refractivity contribution in [2.45, 2.75) is 60.8 Å². The Balaban J connectivity index is 1.39. The third kappa shape index (κ3) is 4.45. The monoisotopic (exact) mass is 469 g/mol. The Bertz CT molecular complexity index is 883. The number of carbonyl (C=O) groups excluding carboxylic acids is 2. The quantitative estimate of drug-likeness (QED) is 0.428. The SMILES string of the molecule is Cc1nnc(SCC2=C(C(=O)O)N3C(=O)C(NC(=O)NC4CCCCC4)[C@@H]3SC2)s1. The number of carboxylic acids is 1. The maximum atomic E-state index is 12.7. The van der Waals surface area contributed by atoms with Gasteiger partial charge < -0.3 is 15.7 Å². The molecule has 3 N–H and O–H groups in total. The lowest BCUT2D eigenvalue weighted by Gasteiger charge is -2.49. The van der Waals surface area contributed by atoms with Crippen LogP contribution in [0.15, 0.2) is 15.6 Å². The molecule has 3 amide bonds. The topological polar surface area (TPSA) is 125 Å². The largest absolute Gasteiger partial charge is 0.477 e. The minimum atomic E-state index is -1.12. The zero-order valence-corrected chi connectivity index (χ0v) is 18.9. The molecule has 0 aromatic carbocycles. The maximum Gasteiger partial charge on any atom is 0.352 e. The highest BCUT2D eigenvalue weighted by Crippen LogP contribution is 2.41. The van der Waals surface area contributed by atoms with Gasteiger partial charge in [-0.15, -0.1) is 22.0 Å². The highest BCUT2D eigenvalue weighted by Gasteiger charge is 2.54. The average molecular weight is 470 g/mol. The number of β-lactam (4-membered cyclic amide) rings is 1. The average Bonchev–Trinajstić information content (AvgIpc) is 3.15. The summed E-state index contributed by atoms with van der Waals surface area (Å²) in [4.78, 5) is 38.3. The van der Waals surface area contributed by atoms with Gasteiger partial charge in [0.1, 0.15) is 22.1 Å². The van der Waals surface area contributed by atoms with Crippen LogP contribution in [0.2, 0.25) is 0 Å². The number of carbonyl (C=O) groups is 3. The summed E-state index contributed by atoms with van der Waals surface area (Å²) in [6, 6.07) is -0.909. The van der Waals surface area contributed by atoms with Gasteiger partial charge in [-0.2, -0.15) is 0 Å². The van der Waals surface area contributed by atoms with E-state index >= 15 is 0 Å². The van der Waals surface area contributed by atoms with Crippen molar-refractivity contribution in [1.82, 2.24) is 25.7 Å². The summed E-state index contributed by atoms with van der Waals surface area (Å²) in [6.45, 7) is 1.86. The number of nitrogens with one attached hydrogen (secondary N) is 2. The molecule has 2 atom stereocenters. The van der Waals surface area contributed by atoms with Crippen LogP contribution in [-0.4, -0.2) is 67.1 Å². The van der Waals surface area contributed by atoms with Crippen molar-refractivity contribution in [3.63, 3.8) is 0 Å². The van der Waals surface area contributed by atoms with E-state index in [9.17, 15) is 19.5 Å². The van der Waals surface area contributed by atoms with Crippen molar-refractivity contribution in [3.05, 3.63) is 16.3 Å². The molecule has 1 aromatic rings. The lowest BCUT2D eigenvalue weighted by Crippen LogP contribution is -2.71. The highest BCUT2D eigenvalue weighted by atomic mass is 32.2. The van der Waals surface area contributed by atoms with Gasteiger partial charge in [0.25, 0.3) is 5.91 Å². The van der Waals surface area contributed by atoms with E-state index in [1.165, 1.54) is 46.2 Å². The van der Waals surface area contributed by atoms with E-state index in [-0.39, 0.29) is 23.7 Å². The van der Waals surface area contributed by atoms with Gasteiger partial charge in [-0.3, -0.25) is 9.69 Å². The summed E-state index contributed by atoms with van der Waals surface area (Å²) in [7, 11) is 0. The number of rotatable bonds is 6. The van der Waals surface area contributed by atoms with E-state index in [1.807, 2.05) is 6.92 Å². The molecule has 1 aromatic heterocycles. The number of urea groups is 1. The van der Waals surface area contributed by atoms with E-state index < -0.39 is 17.4 Å². The van der Waals surface area contributed by atoms with E-state index in [2.05, 4.69) is 20.8 Å². The summed E-state index contributed by atoms with van der Waals surface area (Å²) in [6.07, 6.45) is 5.31. The summed E-state index contributed by atoms with van der Waals surface area (Å²) in [5.74, 6) is -0.580. The molecule has 162 valence electrons. The van der Waals surface area contributed by atoms with E-state index in [0.717, 1.165) is 35.0 Å². The summed E-state index contributed by atoms with van der Waals surface area (Å²) in [5.41, 5.74) is 0.711. The van der Waals surface area contributed by atoms with Gasteiger partial charge in [0.2, 0.25) is 0 Å². The van der Waals surface area contributed by atoms with Gasteiger partial charge in [0, 0.05) is 17.5 Å². The van der Waals surface area contributed by atoms with Crippen molar-refractivity contribution in [1.29, 1.82) is 0 Å². The van der Waals surface area contributed by atoms with Crippen LogP contribution in [0.1, 0.15) is 37.1 Å². The van der Waals surface area contributed by atoms with Crippen molar-refractivity contribution in [2.75, 3.05) is 11.5 Å². The smallest absolute Gasteiger partial charge is 0.352 e. The predicted molar refractivity (Wildman–Crippen MR) is 115 cm³/mol. The summed E-state index contributed by atoms with van der Waals surface area (Å²) >= 11 is 4.35. The Hall–Kier alpha value is -1.79. The van der Waals surface area contributed by atoms with Gasteiger partial charge >= 0.3 is 12.0 Å². The lowest BCUT2D eigenvalue weighted by atomic mass is 9.96. The number of carboxylic acid groups (broad SMARTS) is 1. The number of aromatic nitrogens is 2. The molecule has 0 spiro atoms. The molecule has 0 radical (unpaired) electrons. The van der Waals surface area contributed by atoms with Crippen molar-refractivity contribution >= 4 is 52.8 Å². The molecule has 4 rings (SSSR count). The van der Waals surface area contributed by atoms with Crippen molar-refractivity contribution < 1.29 is 19.5 Å². The molecular weight excluding hydrogens is 446 g/mol. The molecule has 2 fully saturated rings. The molecule has 1 aliphatic carbocycles. The first kappa shape index (κ1) is 21.4. The van der Waals surface area contributed by atoms with Gasteiger partial charge in [0.15, 0.2) is 4.34 Å². The molecule has 1 saturated carbocycles. The Morgan fingerprint density at radius 2 is 2.00 bits per heavy atom. The third-order valence-electron chi connectivity index (χ3n) is 5.35. The van der Waals surface area contributed by atoms with Gasteiger partial charge in [-0.25, -0.2) is 9.59 Å². The van der Waals surface area contributed by atoms with Gasteiger partial charge in [-0.1, -0.05) is 42.4 Å². The van der Waals surface area contributed by atoms with Crippen LogP contribution in [-0.2, 0) is 9.59 Å². The summed E-state index contributed by atoms with van der Waals surface area (Å²) in [5, 5.41) is 23.9. The second-order valence-electron chi connectivity index (χ2n) is 7.47. The summed E-state index contributed by atoms with van der Waals surface area (Å²) < 4.78 is 0.769. The van der Waals surface area contributed by atoms with Crippen LogP contribution < -0.4 is 10.6 Å². The third-order valence-corrected chi connectivity index (χ3v) is 8.75. The fourth-order valence-corrected chi connectivity index (χ4v) is 7.20. The van der Waals surface area contributed by atoms with Crippen LogP contribution in [0.3, 0.4) is 0 Å². The van der Waals surface area contributed by atoms with Crippen molar-refractivity contribution in [2.24, 2.45) is 0 Å². The van der Waals surface area contributed by atoms with Crippen molar-refractivity contribution in [3.8, 4) is 0 Å². The number of nitrogens with zero attached hydrogens (tertiary/aromatic N) is 3. The molecule has 3 aliphatic rings. The number of fused-ring (bicyclic) bond motifs is 1. The maximum absolute atomic E-state index is 12.7. The van der Waals surface area contributed by atoms with Crippen LogP contribution in [0.25, 0.3) is 0 Å². The second kappa shape index (κ2) is 9.15. The predicted octanol–water partition coefficient (Wildman–Crippen LogP) is 2.19. The fraction of sp³-hybridized carbons (Fsp3) is 0.611. The first-order valence-electron chi connectivity index (χ1n) is 9.84. The van der Waals surface area contributed by atoms with E-state index in [0.29, 0.717) is 17.1 Å². The number of thioether (sulfide) groups is 2. The van der Waals surface area contributed by atoms with Crippen LogP contribution >= 0.6 is 34.9 Å². The normalized spacial score (nSPS) is 24.3. The number of hydrogen-bond acceptors (Lipinski definition) is 8. The first-order chi connectivity index (χ1) is 14.4. The Labute approximate surface area is 186 Å². The van der Waals surface area contributed by atoms with Crippen LogP contribution in [0, 0.1) is 6.92 Å². The van der Waals surface area contributed by atoms with Gasteiger partial charge in [0.05, 0.1) is 0 Å². The Morgan fingerprint density at radius 3 is 2.67 bits per heavy atom. The highest BCUT2D eigenvalue weighted by molar-refractivity contribution is 8.01. The van der Waals surface area contributed by atoms with Crippen LogP contribution in [0.5, 0.6) is 0 Å².